The number of carboxylic acid groups (broad SMARTS) is 1. The Hall–Kier alpha value is -2.34. The highest BCUT2D eigenvalue weighted by molar-refractivity contribution is 5.85. The molecule has 1 amide bonds. The molecule has 120 valence electrons. The number of nitrogens with one attached hydrogen (secondary N) is 1. The quantitative estimate of drug-likeness (QED) is 0.883. The molecule has 2 aromatic rings. The highest BCUT2D eigenvalue weighted by Crippen LogP contribution is 2.25. The molecule has 0 saturated heterocycles. The van der Waals surface area contributed by atoms with Gasteiger partial charge in [0.05, 0.1) is 18.8 Å². The molecular formula is C16H17ClN4O2. The lowest BCUT2D eigenvalue weighted by Crippen LogP contribution is -2.23. The first-order valence-electron chi connectivity index (χ1n) is 7.35. The number of hydrogen-bond donors (Lipinski definition) is 2. The van der Waals surface area contributed by atoms with Crippen LogP contribution in [-0.4, -0.2) is 32.1 Å². The maximum absolute atomic E-state index is 11.0. The average molecular weight is 333 g/mol. The van der Waals surface area contributed by atoms with Crippen molar-refractivity contribution in [3.63, 3.8) is 0 Å². The third-order valence-electron chi connectivity index (χ3n) is 4.31. The number of benzene rings is 1. The summed E-state index contributed by atoms with van der Waals surface area (Å²) in [6.45, 7) is 0.715. The number of anilines is 1. The molecule has 0 fully saturated rings. The molecule has 6 nitrogen and oxygen atoms in total. The van der Waals surface area contributed by atoms with Crippen molar-refractivity contribution >= 4 is 24.4 Å². The van der Waals surface area contributed by atoms with Gasteiger partial charge >= 0.3 is 6.09 Å². The number of hydrogen-bond acceptors (Lipinski definition) is 4. The topological polar surface area (TPSA) is 78.3 Å². The van der Waals surface area contributed by atoms with Crippen LogP contribution in [0.15, 0.2) is 30.5 Å². The number of rotatable bonds is 2. The van der Waals surface area contributed by atoms with Crippen molar-refractivity contribution in [3.8, 4) is 0 Å². The molecule has 2 heterocycles. The molecule has 1 aromatic heterocycles. The minimum absolute atomic E-state index is 0. The molecular weight excluding hydrogens is 316 g/mol. The lowest BCUT2D eigenvalue weighted by molar-refractivity contribution is 0.145. The smallest absolute Gasteiger partial charge is 0.407 e. The SMILES string of the molecule is Cl.O=C(O)N1Cc2cnc(NC3Cc4ccccc4C3)nc2C1. The van der Waals surface area contributed by atoms with E-state index in [4.69, 9.17) is 5.11 Å². The first kappa shape index (κ1) is 15.6. The van der Waals surface area contributed by atoms with E-state index in [0.29, 0.717) is 25.1 Å². The fraction of sp³-hybridized carbons (Fsp3) is 0.312. The molecule has 0 unspecified atom stereocenters. The van der Waals surface area contributed by atoms with Gasteiger partial charge in [0, 0.05) is 17.8 Å². The molecule has 0 saturated carbocycles. The summed E-state index contributed by atoms with van der Waals surface area (Å²) >= 11 is 0. The number of nitrogens with zero attached hydrogens (tertiary/aromatic N) is 3. The van der Waals surface area contributed by atoms with E-state index in [2.05, 4.69) is 39.6 Å². The Bertz CT molecular complexity index is 728. The summed E-state index contributed by atoms with van der Waals surface area (Å²) in [5.41, 5.74) is 4.44. The van der Waals surface area contributed by atoms with Crippen LogP contribution in [-0.2, 0) is 25.9 Å². The summed E-state index contributed by atoms with van der Waals surface area (Å²) in [4.78, 5) is 21.2. The summed E-state index contributed by atoms with van der Waals surface area (Å²) in [5.74, 6) is 0.587. The Balaban J connectivity index is 0.00000156. The molecule has 0 spiro atoms. The van der Waals surface area contributed by atoms with Gasteiger partial charge in [0.2, 0.25) is 5.95 Å². The predicted molar refractivity (Wildman–Crippen MR) is 87.8 cm³/mol. The van der Waals surface area contributed by atoms with Crippen LogP contribution in [0, 0.1) is 0 Å². The van der Waals surface area contributed by atoms with E-state index < -0.39 is 6.09 Å². The standard InChI is InChI=1S/C16H16N4O2.ClH/c21-16(22)20-8-12-7-17-15(19-14(12)9-20)18-13-5-10-3-1-2-4-11(10)6-13;/h1-4,7,13H,5-6,8-9H2,(H,21,22)(H,17,18,19);1H. The van der Waals surface area contributed by atoms with Crippen molar-refractivity contribution in [1.82, 2.24) is 14.9 Å². The maximum Gasteiger partial charge on any atom is 0.407 e. The van der Waals surface area contributed by atoms with Gasteiger partial charge in [0.1, 0.15) is 0 Å². The van der Waals surface area contributed by atoms with E-state index in [1.807, 2.05) is 0 Å². The van der Waals surface area contributed by atoms with E-state index in [-0.39, 0.29) is 12.4 Å². The first-order chi connectivity index (χ1) is 10.7. The van der Waals surface area contributed by atoms with E-state index >= 15 is 0 Å². The van der Waals surface area contributed by atoms with Crippen molar-refractivity contribution in [2.45, 2.75) is 32.0 Å². The molecule has 0 radical (unpaired) electrons. The van der Waals surface area contributed by atoms with Crippen molar-refractivity contribution in [3.05, 3.63) is 52.8 Å². The Morgan fingerprint density at radius 2 is 1.87 bits per heavy atom. The van der Waals surface area contributed by atoms with Crippen molar-refractivity contribution < 1.29 is 9.90 Å². The number of halogens is 1. The Labute approximate surface area is 140 Å². The summed E-state index contributed by atoms with van der Waals surface area (Å²) in [7, 11) is 0. The third-order valence-corrected chi connectivity index (χ3v) is 4.31. The molecule has 0 bridgehead atoms. The lowest BCUT2D eigenvalue weighted by atomic mass is 10.1. The zero-order valence-corrected chi connectivity index (χ0v) is 13.2. The number of aromatic nitrogens is 2. The van der Waals surface area contributed by atoms with Gasteiger partial charge in [-0.05, 0) is 24.0 Å². The van der Waals surface area contributed by atoms with Gasteiger partial charge in [-0.15, -0.1) is 12.4 Å². The van der Waals surface area contributed by atoms with Gasteiger partial charge in [-0.3, -0.25) is 4.90 Å². The molecule has 1 aliphatic carbocycles. The van der Waals surface area contributed by atoms with Crippen LogP contribution in [0.25, 0.3) is 0 Å². The molecule has 7 heteroatoms. The van der Waals surface area contributed by atoms with Crippen molar-refractivity contribution in [2.24, 2.45) is 0 Å². The Morgan fingerprint density at radius 1 is 1.17 bits per heavy atom. The highest BCUT2D eigenvalue weighted by Gasteiger charge is 2.26. The van der Waals surface area contributed by atoms with Crippen LogP contribution in [0.5, 0.6) is 0 Å². The van der Waals surface area contributed by atoms with Gasteiger partial charge in [0.15, 0.2) is 0 Å². The van der Waals surface area contributed by atoms with Gasteiger partial charge in [-0.25, -0.2) is 14.8 Å². The maximum atomic E-state index is 11.0. The van der Waals surface area contributed by atoms with Crippen LogP contribution in [0.1, 0.15) is 22.4 Å². The monoisotopic (exact) mass is 332 g/mol. The largest absolute Gasteiger partial charge is 0.465 e. The van der Waals surface area contributed by atoms with Crippen LogP contribution in [0.2, 0.25) is 0 Å². The van der Waals surface area contributed by atoms with Crippen molar-refractivity contribution in [1.29, 1.82) is 0 Å². The Kier molecular flexibility index (Phi) is 4.09. The van der Waals surface area contributed by atoms with Crippen LogP contribution in [0.4, 0.5) is 10.7 Å². The lowest BCUT2D eigenvalue weighted by Gasteiger charge is -2.12. The second kappa shape index (κ2) is 6.04. The van der Waals surface area contributed by atoms with E-state index in [0.717, 1.165) is 24.1 Å². The molecule has 1 aliphatic heterocycles. The molecule has 1 aromatic carbocycles. The van der Waals surface area contributed by atoms with Crippen LogP contribution >= 0.6 is 12.4 Å². The van der Waals surface area contributed by atoms with Crippen molar-refractivity contribution in [2.75, 3.05) is 5.32 Å². The van der Waals surface area contributed by atoms with E-state index in [1.54, 1.807) is 6.20 Å². The fourth-order valence-electron chi connectivity index (χ4n) is 3.20. The van der Waals surface area contributed by atoms with Crippen LogP contribution < -0.4 is 5.32 Å². The molecule has 2 aliphatic rings. The molecule has 23 heavy (non-hydrogen) atoms. The number of carbonyl (C=O) groups is 1. The molecule has 2 N–H and O–H groups in total. The summed E-state index contributed by atoms with van der Waals surface area (Å²) in [6.07, 6.45) is 2.75. The van der Waals surface area contributed by atoms with Gasteiger partial charge in [-0.2, -0.15) is 0 Å². The normalized spacial score (nSPS) is 15.7. The molecule has 0 atom stereocenters. The highest BCUT2D eigenvalue weighted by atomic mass is 35.5. The summed E-state index contributed by atoms with van der Waals surface area (Å²) in [6, 6.07) is 8.74. The predicted octanol–water partition coefficient (Wildman–Crippen LogP) is 2.47. The van der Waals surface area contributed by atoms with Crippen LogP contribution in [0.3, 0.4) is 0 Å². The van der Waals surface area contributed by atoms with Gasteiger partial charge < -0.3 is 10.4 Å². The van der Waals surface area contributed by atoms with Gasteiger partial charge in [-0.1, -0.05) is 24.3 Å². The summed E-state index contributed by atoms with van der Waals surface area (Å²) < 4.78 is 0. The number of amides is 1. The zero-order chi connectivity index (χ0) is 15.1. The van der Waals surface area contributed by atoms with E-state index in [9.17, 15) is 4.79 Å². The Morgan fingerprint density at radius 3 is 2.52 bits per heavy atom. The van der Waals surface area contributed by atoms with Gasteiger partial charge in [0.25, 0.3) is 0 Å². The third kappa shape index (κ3) is 2.94. The minimum atomic E-state index is -0.918. The first-order valence-corrected chi connectivity index (χ1v) is 7.35. The second-order valence-corrected chi connectivity index (χ2v) is 5.82. The average Bonchev–Trinajstić information content (AvgIpc) is 3.09. The summed E-state index contributed by atoms with van der Waals surface area (Å²) in [5, 5.41) is 12.4. The second-order valence-electron chi connectivity index (χ2n) is 5.82. The molecule has 4 rings (SSSR count). The fourth-order valence-corrected chi connectivity index (χ4v) is 3.20. The van der Waals surface area contributed by atoms with E-state index in [1.165, 1.54) is 16.0 Å². The zero-order valence-electron chi connectivity index (χ0n) is 12.4. The minimum Gasteiger partial charge on any atom is -0.465 e. The number of fused-ring (bicyclic) bond motifs is 2.